The van der Waals surface area contributed by atoms with Crippen molar-refractivity contribution >= 4 is 5.96 Å². The van der Waals surface area contributed by atoms with Gasteiger partial charge in [0.1, 0.15) is 6.61 Å². The highest BCUT2D eigenvalue weighted by Gasteiger charge is 2.27. The summed E-state index contributed by atoms with van der Waals surface area (Å²) in [7, 11) is 4.07. The Balaban J connectivity index is 2.58. The van der Waals surface area contributed by atoms with Crippen LogP contribution < -0.4 is 10.6 Å². The molecule has 0 atom stereocenters. The summed E-state index contributed by atoms with van der Waals surface area (Å²) < 4.78 is 40.9. The molecular weight excluding hydrogens is 357 g/mol. The second-order valence-corrected chi connectivity index (χ2v) is 7.18. The van der Waals surface area contributed by atoms with Crippen molar-refractivity contribution in [3.63, 3.8) is 0 Å². The molecular formula is C19H31F3N4O. The van der Waals surface area contributed by atoms with Gasteiger partial charge in [0.05, 0.1) is 13.2 Å². The van der Waals surface area contributed by atoms with E-state index < -0.39 is 12.8 Å². The maximum Gasteiger partial charge on any atom is 0.411 e. The average Bonchev–Trinajstić information content (AvgIpc) is 2.57. The van der Waals surface area contributed by atoms with Gasteiger partial charge in [-0.05, 0) is 46.0 Å². The number of nitrogens with one attached hydrogen (secondary N) is 2. The van der Waals surface area contributed by atoms with E-state index in [0.29, 0.717) is 12.1 Å². The Morgan fingerprint density at radius 2 is 1.67 bits per heavy atom. The standard InChI is InChI=1S/C19H31F3N4O/c1-6-23-17(25-13-18(2,3)26(4)5)24-11-15-7-9-16(10-8-15)12-27-14-19(20,21)22/h7-10H,6,11-14H2,1-5H3,(H2,23,24,25). The smallest absolute Gasteiger partial charge is 0.367 e. The van der Waals surface area contributed by atoms with Gasteiger partial charge in [-0.3, -0.25) is 0 Å². The molecule has 8 heteroatoms. The van der Waals surface area contributed by atoms with Crippen LogP contribution >= 0.6 is 0 Å². The lowest BCUT2D eigenvalue weighted by atomic mass is 10.0. The first kappa shape index (κ1) is 23.2. The van der Waals surface area contributed by atoms with E-state index in [4.69, 9.17) is 0 Å². The van der Waals surface area contributed by atoms with E-state index in [0.717, 1.165) is 24.6 Å². The molecule has 0 amide bonds. The lowest BCUT2D eigenvalue weighted by molar-refractivity contribution is -0.176. The molecule has 27 heavy (non-hydrogen) atoms. The first-order valence-corrected chi connectivity index (χ1v) is 8.95. The second-order valence-electron chi connectivity index (χ2n) is 7.18. The Bertz CT molecular complexity index is 584. The van der Waals surface area contributed by atoms with Crippen LogP contribution in [0.15, 0.2) is 29.3 Å². The van der Waals surface area contributed by atoms with Crippen LogP contribution in [0.5, 0.6) is 0 Å². The molecule has 0 saturated carbocycles. The Morgan fingerprint density at radius 3 is 2.19 bits per heavy atom. The van der Waals surface area contributed by atoms with Crippen molar-refractivity contribution in [3.8, 4) is 0 Å². The van der Waals surface area contributed by atoms with Crippen molar-refractivity contribution in [2.24, 2.45) is 4.99 Å². The van der Waals surface area contributed by atoms with Gasteiger partial charge in [-0.15, -0.1) is 0 Å². The summed E-state index contributed by atoms with van der Waals surface area (Å²) >= 11 is 0. The Hall–Kier alpha value is -1.80. The molecule has 1 aromatic carbocycles. The molecule has 0 fully saturated rings. The molecule has 0 aliphatic heterocycles. The minimum atomic E-state index is -4.30. The summed E-state index contributed by atoms with van der Waals surface area (Å²) in [6, 6.07) is 7.22. The van der Waals surface area contributed by atoms with Crippen molar-refractivity contribution < 1.29 is 17.9 Å². The molecule has 0 aromatic heterocycles. The Kier molecular flexibility index (Phi) is 9.05. The number of hydrogen-bond donors (Lipinski definition) is 2. The highest BCUT2D eigenvalue weighted by molar-refractivity contribution is 5.79. The molecule has 0 bridgehead atoms. The number of ether oxygens (including phenoxy) is 1. The van der Waals surface area contributed by atoms with Gasteiger partial charge < -0.3 is 20.3 Å². The van der Waals surface area contributed by atoms with Crippen LogP contribution in [-0.4, -0.2) is 56.4 Å². The third kappa shape index (κ3) is 9.63. The van der Waals surface area contributed by atoms with Gasteiger partial charge in [-0.2, -0.15) is 13.2 Å². The normalized spacial score (nSPS) is 13.1. The second kappa shape index (κ2) is 10.5. The third-order valence-corrected chi connectivity index (χ3v) is 4.22. The van der Waals surface area contributed by atoms with Crippen LogP contribution in [0.3, 0.4) is 0 Å². The molecule has 1 rings (SSSR count). The minimum Gasteiger partial charge on any atom is -0.367 e. The lowest BCUT2D eigenvalue weighted by Crippen LogP contribution is -2.50. The van der Waals surface area contributed by atoms with Crippen LogP contribution in [0.4, 0.5) is 13.2 Å². The summed E-state index contributed by atoms with van der Waals surface area (Å²) in [4.78, 5) is 6.71. The van der Waals surface area contributed by atoms with E-state index in [-0.39, 0.29) is 12.1 Å². The minimum absolute atomic E-state index is 0.0196. The van der Waals surface area contributed by atoms with E-state index in [1.165, 1.54) is 0 Å². The zero-order valence-corrected chi connectivity index (χ0v) is 16.8. The summed E-state index contributed by atoms with van der Waals surface area (Å²) in [6.07, 6.45) is -4.30. The summed E-state index contributed by atoms with van der Waals surface area (Å²) in [6.45, 7) is 6.95. The number of guanidine groups is 1. The first-order valence-electron chi connectivity index (χ1n) is 8.95. The first-order chi connectivity index (χ1) is 12.5. The monoisotopic (exact) mass is 388 g/mol. The number of hydrogen-bond acceptors (Lipinski definition) is 3. The largest absolute Gasteiger partial charge is 0.411 e. The van der Waals surface area contributed by atoms with Crippen LogP contribution in [0.2, 0.25) is 0 Å². The van der Waals surface area contributed by atoms with Crippen molar-refractivity contribution in [2.75, 3.05) is 33.8 Å². The summed E-state index contributed by atoms with van der Waals surface area (Å²) in [5, 5.41) is 6.55. The van der Waals surface area contributed by atoms with Crippen LogP contribution in [0, 0.1) is 0 Å². The number of nitrogens with zero attached hydrogens (tertiary/aromatic N) is 2. The number of rotatable bonds is 9. The van der Waals surface area contributed by atoms with Gasteiger partial charge in [0, 0.05) is 18.6 Å². The number of halogens is 3. The van der Waals surface area contributed by atoms with Gasteiger partial charge >= 0.3 is 6.18 Å². The molecule has 2 N–H and O–H groups in total. The number of aliphatic imine (C=N–C) groups is 1. The van der Waals surface area contributed by atoms with E-state index >= 15 is 0 Å². The van der Waals surface area contributed by atoms with E-state index in [1.54, 1.807) is 12.1 Å². The molecule has 0 spiro atoms. The average molecular weight is 388 g/mol. The number of likely N-dealkylation sites (N-methyl/N-ethyl adjacent to an activating group) is 1. The quantitative estimate of drug-likeness (QED) is 0.504. The fourth-order valence-corrected chi connectivity index (χ4v) is 2.00. The summed E-state index contributed by atoms with van der Waals surface area (Å²) in [5.74, 6) is 0.727. The SMILES string of the molecule is CCNC(=NCc1ccc(COCC(F)(F)F)cc1)NCC(C)(C)N(C)C. The molecule has 0 radical (unpaired) electrons. The van der Waals surface area contributed by atoms with Crippen LogP contribution in [0.25, 0.3) is 0 Å². The fourth-order valence-electron chi connectivity index (χ4n) is 2.00. The zero-order valence-electron chi connectivity index (χ0n) is 16.8. The van der Waals surface area contributed by atoms with E-state index in [1.807, 2.05) is 33.2 Å². The molecule has 154 valence electrons. The van der Waals surface area contributed by atoms with E-state index in [9.17, 15) is 13.2 Å². The highest BCUT2D eigenvalue weighted by Crippen LogP contribution is 2.16. The van der Waals surface area contributed by atoms with Crippen LogP contribution in [-0.2, 0) is 17.9 Å². The van der Waals surface area contributed by atoms with Crippen molar-refractivity contribution in [1.29, 1.82) is 0 Å². The molecule has 5 nitrogen and oxygen atoms in total. The predicted octanol–water partition coefficient (Wildman–Crippen LogP) is 3.16. The van der Waals surface area contributed by atoms with Gasteiger partial charge in [0.25, 0.3) is 0 Å². The van der Waals surface area contributed by atoms with Crippen molar-refractivity contribution in [2.45, 2.75) is 45.6 Å². The summed E-state index contributed by atoms with van der Waals surface area (Å²) in [5.41, 5.74) is 1.65. The highest BCUT2D eigenvalue weighted by atomic mass is 19.4. The molecule has 0 saturated heterocycles. The van der Waals surface area contributed by atoms with Gasteiger partial charge in [0.2, 0.25) is 0 Å². The lowest BCUT2D eigenvalue weighted by Gasteiger charge is -2.33. The van der Waals surface area contributed by atoms with Gasteiger partial charge in [-0.1, -0.05) is 24.3 Å². The zero-order chi connectivity index (χ0) is 20.5. The van der Waals surface area contributed by atoms with Gasteiger partial charge in [-0.25, -0.2) is 4.99 Å². The Morgan fingerprint density at radius 1 is 1.07 bits per heavy atom. The topological polar surface area (TPSA) is 48.9 Å². The molecule has 0 aliphatic carbocycles. The molecule has 0 unspecified atom stereocenters. The number of benzene rings is 1. The fraction of sp³-hybridized carbons (Fsp3) is 0.632. The molecule has 1 aromatic rings. The third-order valence-electron chi connectivity index (χ3n) is 4.22. The van der Waals surface area contributed by atoms with E-state index in [2.05, 4.69) is 39.1 Å². The maximum atomic E-state index is 12.1. The van der Waals surface area contributed by atoms with Crippen molar-refractivity contribution in [1.82, 2.24) is 15.5 Å². The molecule has 0 aliphatic rings. The maximum absolute atomic E-state index is 12.1. The molecule has 0 heterocycles. The van der Waals surface area contributed by atoms with Crippen LogP contribution in [0.1, 0.15) is 31.9 Å². The van der Waals surface area contributed by atoms with Crippen molar-refractivity contribution in [3.05, 3.63) is 35.4 Å². The predicted molar refractivity (Wildman–Crippen MR) is 103 cm³/mol. The number of alkyl halides is 3. The Labute approximate surface area is 160 Å². The van der Waals surface area contributed by atoms with Gasteiger partial charge in [0.15, 0.2) is 5.96 Å².